The number of aromatic nitrogens is 2. The molecule has 2 heterocycles. The molecule has 2 aromatic heterocycles. The summed E-state index contributed by atoms with van der Waals surface area (Å²) in [7, 11) is 3.27. The zero-order valence-corrected chi connectivity index (χ0v) is 13.5. The van der Waals surface area contributed by atoms with Crippen LogP contribution >= 0.6 is 11.3 Å². The summed E-state index contributed by atoms with van der Waals surface area (Å²) in [6.45, 7) is 2.01. The standard InChI is InChI=1S/C17H16N2O2S/c1-11-19-16(17(22-11)13-5-4-8-18-10-13)12-6-7-14(20-2)15(9-12)21-3/h4-10H,1-3H3. The highest BCUT2D eigenvalue weighted by atomic mass is 32.1. The maximum atomic E-state index is 5.39. The number of thiazole rings is 1. The van der Waals surface area contributed by atoms with E-state index in [9.17, 15) is 0 Å². The first-order valence-corrected chi connectivity index (χ1v) is 7.65. The molecule has 0 radical (unpaired) electrons. The molecule has 5 heteroatoms. The number of benzene rings is 1. The Bertz CT molecular complexity index is 785. The summed E-state index contributed by atoms with van der Waals surface area (Å²) in [5.41, 5.74) is 3.01. The Labute approximate surface area is 133 Å². The van der Waals surface area contributed by atoms with E-state index in [-0.39, 0.29) is 0 Å². The van der Waals surface area contributed by atoms with E-state index in [4.69, 9.17) is 9.47 Å². The number of ether oxygens (including phenoxy) is 2. The third kappa shape index (κ3) is 2.67. The van der Waals surface area contributed by atoms with Crippen molar-refractivity contribution in [3.63, 3.8) is 0 Å². The third-order valence-electron chi connectivity index (χ3n) is 3.31. The molecule has 0 saturated heterocycles. The van der Waals surface area contributed by atoms with Gasteiger partial charge in [0.2, 0.25) is 0 Å². The van der Waals surface area contributed by atoms with Crippen LogP contribution in [0.1, 0.15) is 5.01 Å². The van der Waals surface area contributed by atoms with Gasteiger partial charge in [-0.2, -0.15) is 0 Å². The molecule has 0 saturated carbocycles. The van der Waals surface area contributed by atoms with E-state index >= 15 is 0 Å². The van der Waals surface area contributed by atoms with Gasteiger partial charge in [0, 0.05) is 23.5 Å². The highest BCUT2D eigenvalue weighted by molar-refractivity contribution is 7.15. The molecule has 0 amide bonds. The molecular formula is C17H16N2O2S. The van der Waals surface area contributed by atoms with Crippen LogP contribution in [0, 0.1) is 6.92 Å². The first-order chi connectivity index (χ1) is 10.7. The average Bonchev–Trinajstić information content (AvgIpc) is 2.97. The van der Waals surface area contributed by atoms with Crippen molar-refractivity contribution in [3.05, 3.63) is 47.7 Å². The summed E-state index contributed by atoms with van der Waals surface area (Å²) in [4.78, 5) is 9.99. The van der Waals surface area contributed by atoms with Crippen molar-refractivity contribution < 1.29 is 9.47 Å². The first kappa shape index (κ1) is 14.5. The van der Waals surface area contributed by atoms with Gasteiger partial charge in [-0.1, -0.05) is 6.07 Å². The summed E-state index contributed by atoms with van der Waals surface area (Å²) in [5.74, 6) is 1.41. The largest absolute Gasteiger partial charge is 0.493 e. The number of pyridine rings is 1. The zero-order valence-electron chi connectivity index (χ0n) is 12.7. The lowest BCUT2D eigenvalue weighted by Gasteiger charge is -2.09. The molecule has 3 aromatic rings. The summed E-state index contributed by atoms with van der Waals surface area (Å²) in [5, 5.41) is 1.02. The van der Waals surface area contributed by atoms with Crippen LogP contribution < -0.4 is 9.47 Å². The minimum atomic E-state index is 0.697. The monoisotopic (exact) mass is 312 g/mol. The lowest BCUT2D eigenvalue weighted by atomic mass is 10.1. The normalized spacial score (nSPS) is 10.5. The van der Waals surface area contributed by atoms with E-state index in [1.54, 1.807) is 31.8 Å². The average molecular weight is 312 g/mol. The second kappa shape index (κ2) is 6.15. The Morgan fingerprint density at radius 1 is 1.00 bits per heavy atom. The summed E-state index contributed by atoms with van der Waals surface area (Å²) < 4.78 is 10.7. The lowest BCUT2D eigenvalue weighted by molar-refractivity contribution is 0.355. The van der Waals surface area contributed by atoms with Gasteiger partial charge in [0.1, 0.15) is 0 Å². The number of hydrogen-bond donors (Lipinski definition) is 0. The molecule has 0 aliphatic rings. The highest BCUT2D eigenvalue weighted by Gasteiger charge is 2.15. The van der Waals surface area contributed by atoms with E-state index in [2.05, 4.69) is 9.97 Å². The number of rotatable bonds is 4. The predicted octanol–water partition coefficient (Wildman–Crippen LogP) is 4.20. The van der Waals surface area contributed by atoms with E-state index in [0.717, 1.165) is 26.7 Å². The van der Waals surface area contributed by atoms with Crippen LogP contribution in [0.2, 0.25) is 0 Å². The summed E-state index contributed by atoms with van der Waals surface area (Å²) in [6, 6.07) is 9.83. The van der Waals surface area contributed by atoms with Crippen LogP contribution in [0.25, 0.3) is 21.7 Å². The summed E-state index contributed by atoms with van der Waals surface area (Å²) in [6.07, 6.45) is 3.63. The van der Waals surface area contributed by atoms with Gasteiger partial charge in [-0.3, -0.25) is 4.98 Å². The van der Waals surface area contributed by atoms with E-state index in [0.29, 0.717) is 11.5 Å². The van der Waals surface area contributed by atoms with Gasteiger partial charge in [0.05, 0.1) is 29.8 Å². The molecule has 112 valence electrons. The van der Waals surface area contributed by atoms with Crippen LogP contribution in [0.3, 0.4) is 0 Å². The van der Waals surface area contributed by atoms with Crippen molar-refractivity contribution in [2.75, 3.05) is 14.2 Å². The van der Waals surface area contributed by atoms with Gasteiger partial charge in [-0.05, 0) is 31.2 Å². The first-order valence-electron chi connectivity index (χ1n) is 6.83. The molecule has 0 aliphatic heterocycles. The van der Waals surface area contributed by atoms with Crippen molar-refractivity contribution >= 4 is 11.3 Å². The SMILES string of the molecule is COc1ccc(-c2nc(C)sc2-c2cccnc2)cc1OC. The van der Waals surface area contributed by atoms with Crippen molar-refractivity contribution in [1.82, 2.24) is 9.97 Å². The van der Waals surface area contributed by atoms with Crippen LogP contribution in [0.4, 0.5) is 0 Å². The smallest absolute Gasteiger partial charge is 0.161 e. The predicted molar refractivity (Wildman–Crippen MR) is 88.6 cm³/mol. The van der Waals surface area contributed by atoms with Gasteiger partial charge in [0.25, 0.3) is 0 Å². The Hall–Kier alpha value is -2.40. The zero-order chi connectivity index (χ0) is 15.5. The van der Waals surface area contributed by atoms with Crippen LogP contribution in [-0.2, 0) is 0 Å². The molecule has 0 bridgehead atoms. The molecule has 0 atom stereocenters. The Balaban J connectivity index is 2.13. The van der Waals surface area contributed by atoms with E-state index in [1.165, 1.54) is 0 Å². The van der Waals surface area contributed by atoms with Crippen molar-refractivity contribution in [3.8, 4) is 33.2 Å². The van der Waals surface area contributed by atoms with Crippen LogP contribution in [-0.4, -0.2) is 24.2 Å². The van der Waals surface area contributed by atoms with Crippen molar-refractivity contribution in [2.45, 2.75) is 6.92 Å². The second-order valence-corrected chi connectivity index (χ2v) is 5.93. The minimum absolute atomic E-state index is 0.697. The molecule has 0 fully saturated rings. The van der Waals surface area contributed by atoms with Gasteiger partial charge in [-0.15, -0.1) is 11.3 Å². The number of aryl methyl sites for hydroxylation is 1. The van der Waals surface area contributed by atoms with Gasteiger partial charge in [-0.25, -0.2) is 4.98 Å². The van der Waals surface area contributed by atoms with Crippen LogP contribution in [0.15, 0.2) is 42.7 Å². The van der Waals surface area contributed by atoms with Crippen molar-refractivity contribution in [2.24, 2.45) is 0 Å². The lowest BCUT2D eigenvalue weighted by Crippen LogP contribution is -1.91. The molecule has 0 unspecified atom stereocenters. The fourth-order valence-corrected chi connectivity index (χ4v) is 3.23. The topological polar surface area (TPSA) is 44.2 Å². The van der Waals surface area contributed by atoms with E-state index in [1.807, 2.05) is 43.5 Å². The van der Waals surface area contributed by atoms with Gasteiger partial charge >= 0.3 is 0 Å². The molecule has 4 nitrogen and oxygen atoms in total. The molecule has 1 aromatic carbocycles. The molecule has 3 rings (SSSR count). The fraction of sp³-hybridized carbons (Fsp3) is 0.176. The quantitative estimate of drug-likeness (QED) is 0.724. The molecule has 0 aliphatic carbocycles. The molecule has 0 N–H and O–H groups in total. The Morgan fingerprint density at radius 2 is 1.82 bits per heavy atom. The molecular weight excluding hydrogens is 296 g/mol. The number of methoxy groups -OCH3 is 2. The number of hydrogen-bond acceptors (Lipinski definition) is 5. The van der Waals surface area contributed by atoms with Crippen LogP contribution in [0.5, 0.6) is 11.5 Å². The summed E-state index contributed by atoms with van der Waals surface area (Å²) >= 11 is 1.66. The fourth-order valence-electron chi connectivity index (χ4n) is 2.30. The number of nitrogens with zero attached hydrogens (tertiary/aromatic N) is 2. The highest BCUT2D eigenvalue weighted by Crippen LogP contribution is 2.39. The third-order valence-corrected chi connectivity index (χ3v) is 4.33. The van der Waals surface area contributed by atoms with Gasteiger partial charge in [0.15, 0.2) is 11.5 Å². The Morgan fingerprint density at radius 3 is 2.50 bits per heavy atom. The maximum Gasteiger partial charge on any atom is 0.161 e. The Kier molecular flexibility index (Phi) is 4.06. The minimum Gasteiger partial charge on any atom is -0.493 e. The van der Waals surface area contributed by atoms with Gasteiger partial charge < -0.3 is 9.47 Å². The maximum absolute atomic E-state index is 5.39. The molecule has 0 spiro atoms. The van der Waals surface area contributed by atoms with Crippen molar-refractivity contribution in [1.29, 1.82) is 0 Å². The molecule has 22 heavy (non-hydrogen) atoms. The van der Waals surface area contributed by atoms with E-state index < -0.39 is 0 Å². The second-order valence-electron chi connectivity index (χ2n) is 4.72.